The van der Waals surface area contributed by atoms with Crippen molar-refractivity contribution in [1.29, 1.82) is 5.26 Å². The molecule has 0 saturated heterocycles. The van der Waals surface area contributed by atoms with Crippen LogP contribution in [0.15, 0.2) is 65.1 Å². The van der Waals surface area contributed by atoms with Crippen LogP contribution in [0.4, 0.5) is 5.00 Å². The molecule has 0 saturated carbocycles. The number of aromatic carboxylic acids is 1. The summed E-state index contributed by atoms with van der Waals surface area (Å²) < 4.78 is 30.6. The summed E-state index contributed by atoms with van der Waals surface area (Å²) in [6.07, 6.45) is 6.37. The third-order valence-electron chi connectivity index (χ3n) is 6.87. The van der Waals surface area contributed by atoms with Crippen molar-refractivity contribution in [3.63, 3.8) is 0 Å². The maximum atomic E-state index is 13.2. The summed E-state index contributed by atoms with van der Waals surface area (Å²) in [5, 5.41) is 24.6. The highest BCUT2D eigenvalue weighted by atomic mass is 35.5. The van der Waals surface area contributed by atoms with Gasteiger partial charge in [0.2, 0.25) is 0 Å². The van der Waals surface area contributed by atoms with E-state index in [0.29, 0.717) is 17.1 Å². The summed E-state index contributed by atoms with van der Waals surface area (Å²) in [7, 11) is -4.22. The summed E-state index contributed by atoms with van der Waals surface area (Å²) in [5.74, 6) is -1.35. The summed E-state index contributed by atoms with van der Waals surface area (Å²) >= 11 is 13.8. The molecule has 8 nitrogen and oxygen atoms in total. The number of hydrogen-bond donors (Lipinski definition) is 2. The fraction of sp³-hybridized carbons (Fsp3) is 0.167. The highest BCUT2D eigenvalue weighted by Crippen LogP contribution is 2.48. The number of nitrogens with one attached hydrogen (secondary N) is 1. The molecule has 0 bridgehead atoms. The molecule has 0 aliphatic heterocycles. The molecular formula is C30H24Cl2N4O4S2. The average Bonchev–Trinajstić information content (AvgIpc) is 3.43. The minimum atomic E-state index is -4.22. The number of carboxylic acid groups (broad SMARTS) is 1. The van der Waals surface area contributed by atoms with E-state index >= 15 is 0 Å². The van der Waals surface area contributed by atoms with Crippen molar-refractivity contribution in [2.45, 2.75) is 37.5 Å². The van der Waals surface area contributed by atoms with Gasteiger partial charge in [0.05, 0.1) is 32.4 Å². The fourth-order valence-electron chi connectivity index (χ4n) is 4.85. The van der Waals surface area contributed by atoms with E-state index in [0.717, 1.165) is 33.5 Å². The average molecular weight is 640 g/mol. The molecule has 0 atom stereocenters. The topological polar surface area (TPSA) is 125 Å². The lowest BCUT2D eigenvalue weighted by Gasteiger charge is -2.29. The molecule has 214 valence electrons. The van der Waals surface area contributed by atoms with Gasteiger partial charge in [-0.1, -0.05) is 61.3 Å². The first-order chi connectivity index (χ1) is 19.8. The van der Waals surface area contributed by atoms with E-state index in [4.69, 9.17) is 23.2 Å². The molecule has 2 aromatic heterocycles. The fourth-order valence-corrected chi connectivity index (χ4v) is 7.94. The molecule has 0 spiro atoms. The van der Waals surface area contributed by atoms with Gasteiger partial charge in [-0.15, -0.1) is 11.3 Å². The Balaban J connectivity index is 1.50. The van der Waals surface area contributed by atoms with Crippen molar-refractivity contribution in [1.82, 2.24) is 9.78 Å². The number of aryl methyl sites for hydroxylation is 1. The maximum absolute atomic E-state index is 13.2. The van der Waals surface area contributed by atoms with Crippen LogP contribution in [0, 0.1) is 18.3 Å². The Morgan fingerprint density at radius 3 is 2.57 bits per heavy atom. The third kappa shape index (κ3) is 5.49. The van der Waals surface area contributed by atoms with E-state index in [2.05, 4.69) is 15.9 Å². The van der Waals surface area contributed by atoms with Crippen molar-refractivity contribution in [3.8, 4) is 11.8 Å². The molecule has 2 aromatic carbocycles. The number of anilines is 1. The third-order valence-corrected chi connectivity index (χ3v) is 10.5. The molecular weight excluding hydrogens is 615 g/mol. The van der Waals surface area contributed by atoms with E-state index in [1.165, 1.54) is 23.5 Å². The van der Waals surface area contributed by atoms with Gasteiger partial charge in [0.15, 0.2) is 0 Å². The highest BCUT2D eigenvalue weighted by molar-refractivity contribution is 7.93. The normalized spacial score (nSPS) is 14.3. The lowest BCUT2D eigenvalue weighted by molar-refractivity contribution is 0.0697. The second-order valence-corrected chi connectivity index (χ2v) is 13.8. The number of halogens is 2. The number of allylic oxidation sites excluding steroid dienone is 2. The zero-order valence-electron chi connectivity index (χ0n) is 22.6. The Kier molecular flexibility index (Phi) is 7.81. The number of sulfonamides is 1. The van der Waals surface area contributed by atoms with Crippen LogP contribution >= 0.6 is 34.5 Å². The predicted octanol–water partition coefficient (Wildman–Crippen LogP) is 7.70. The number of benzene rings is 2. The zero-order chi connectivity index (χ0) is 30.4. The van der Waals surface area contributed by atoms with Gasteiger partial charge in [0.1, 0.15) is 16.2 Å². The van der Waals surface area contributed by atoms with Crippen molar-refractivity contribution >= 4 is 67.7 Å². The lowest BCUT2D eigenvalue weighted by Crippen LogP contribution is -2.20. The number of carbonyl (C=O) groups is 1. The number of nitriles is 1. The minimum Gasteiger partial charge on any atom is -0.478 e. The molecule has 1 aliphatic carbocycles. The van der Waals surface area contributed by atoms with Crippen molar-refractivity contribution in [2.24, 2.45) is 0 Å². The van der Waals surface area contributed by atoms with Gasteiger partial charge in [-0.05, 0) is 61.4 Å². The first-order valence-electron chi connectivity index (χ1n) is 12.6. The van der Waals surface area contributed by atoms with Crippen molar-refractivity contribution in [3.05, 3.63) is 103 Å². The van der Waals surface area contributed by atoms with Gasteiger partial charge in [-0.25, -0.2) is 17.9 Å². The van der Waals surface area contributed by atoms with Gasteiger partial charge in [-0.2, -0.15) is 10.4 Å². The Labute approximate surface area is 257 Å². The number of rotatable bonds is 7. The number of hydrogen-bond acceptors (Lipinski definition) is 6. The van der Waals surface area contributed by atoms with Gasteiger partial charge in [0, 0.05) is 21.4 Å². The molecule has 0 radical (unpaired) electrons. The van der Waals surface area contributed by atoms with Gasteiger partial charge in [0.25, 0.3) is 10.0 Å². The van der Waals surface area contributed by atoms with Crippen LogP contribution in [0.25, 0.3) is 17.8 Å². The largest absolute Gasteiger partial charge is 0.478 e. The molecule has 0 amide bonds. The smallest absolute Gasteiger partial charge is 0.337 e. The van der Waals surface area contributed by atoms with Crippen molar-refractivity contribution in [2.75, 3.05) is 4.72 Å². The Hall–Kier alpha value is -3.88. The number of carboxylic acids is 1. The molecule has 4 aromatic rings. The summed E-state index contributed by atoms with van der Waals surface area (Å²) in [5.41, 5.74) is 3.39. The molecule has 2 heterocycles. The number of thiophene rings is 1. The molecule has 0 unspecified atom stereocenters. The Bertz CT molecular complexity index is 1950. The second kappa shape index (κ2) is 11.1. The van der Waals surface area contributed by atoms with Crippen LogP contribution in [0.2, 0.25) is 10.2 Å². The molecule has 1 aliphatic rings. The van der Waals surface area contributed by atoms with E-state index in [-0.39, 0.29) is 26.0 Å². The SMILES string of the molecule is Cc1nn(-c2ccccc2)c(Cl)c1/C=C\C1=Cc2c(sc(NS(=O)(=O)c3ccc(Cl)c(C(=O)O)c3)c2C#N)C(C)(C)C1. The van der Waals surface area contributed by atoms with E-state index in [1.807, 2.05) is 69.3 Å². The quantitative estimate of drug-likeness (QED) is 0.214. The maximum Gasteiger partial charge on any atom is 0.337 e. The zero-order valence-corrected chi connectivity index (χ0v) is 25.8. The lowest BCUT2D eigenvalue weighted by atomic mass is 9.77. The van der Waals surface area contributed by atoms with Gasteiger partial charge >= 0.3 is 5.97 Å². The number of fused-ring (bicyclic) bond motifs is 1. The minimum absolute atomic E-state index is 0.0814. The monoisotopic (exact) mass is 638 g/mol. The van der Waals surface area contributed by atoms with E-state index in [1.54, 1.807) is 4.68 Å². The van der Waals surface area contributed by atoms with Crippen LogP contribution in [-0.2, 0) is 15.4 Å². The van der Waals surface area contributed by atoms with E-state index in [9.17, 15) is 23.6 Å². The summed E-state index contributed by atoms with van der Waals surface area (Å²) in [6.45, 7) is 5.95. The standard InChI is InChI=1S/C30H24Cl2N4O4S2/c1-17-21(27(32)36(34-17)19-7-5-4-6-8-19)11-9-18-13-22-24(16-33)28(41-26(22)30(2,3)15-18)35-42(39,40)20-10-12-25(31)23(14-20)29(37)38/h4-14,35H,15H2,1-3H3,(H,37,38)/b11-9-. The van der Waals surface area contributed by atoms with Gasteiger partial charge in [-0.3, -0.25) is 4.72 Å². The first kappa shape index (κ1) is 29.6. The molecule has 12 heteroatoms. The highest BCUT2D eigenvalue weighted by Gasteiger charge is 2.34. The van der Waals surface area contributed by atoms with Crippen LogP contribution < -0.4 is 4.72 Å². The predicted molar refractivity (Wildman–Crippen MR) is 166 cm³/mol. The number of para-hydroxylation sites is 1. The van der Waals surface area contributed by atoms with Crippen LogP contribution in [-0.4, -0.2) is 29.3 Å². The Morgan fingerprint density at radius 1 is 1.19 bits per heavy atom. The van der Waals surface area contributed by atoms with Gasteiger partial charge < -0.3 is 5.11 Å². The van der Waals surface area contributed by atoms with Crippen LogP contribution in [0.5, 0.6) is 0 Å². The van der Waals surface area contributed by atoms with Crippen LogP contribution in [0.3, 0.4) is 0 Å². The number of aromatic nitrogens is 2. The Morgan fingerprint density at radius 2 is 1.90 bits per heavy atom. The molecule has 2 N–H and O–H groups in total. The number of nitrogens with zero attached hydrogens (tertiary/aromatic N) is 3. The molecule has 5 rings (SSSR count). The van der Waals surface area contributed by atoms with Crippen LogP contribution in [0.1, 0.15) is 57.9 Å². The second-order valence-electron chi connectivity index (χ2n) is 10.4. The molecule has 0 fully saturated rings. The first-order valence-corrected chi connectivity index (χ1v) is 15.7. The molecule has 42 heavy (non-hydrogen) atoms. The van der Waals surface area contributed by atoms with Crippen molar-refractivity contribution < 1.29 is 18.3 Å². The van der Waals surface area contributed by atoms with E-state index < -0.39 is 21.4 Å². The summed E-state index contributed by atoms with van der Waals surface area (Å²) in [4.78, 5) is 12.1. The summed E-state index contributed by atoms with van der Waals surface area (Å²) in [6, 6.07) is 15.2.